The summed E-state index contributed by atoms with van der Waals surface area (Å²) < 4.78 is 4.78. The maximum atomic E-state index is 11.4. The summed E-state index contributed by atoms with van der Waals surface area (Å²) in [6.07, 6.45) is -1.06. The molecule has 0 aliphatic heterocycles. The molecule has 0 bridgehead atoms. The number of benzene rings is 1. The molecule has 0 aliphatic carbocycles. The third kappa shape index (κ3) is 3.45. The average Bonchev–Trinajstić information content (AvgIpc) is 2.37. The van der Waals surface area contributed by atoms with Gasteiger partial charge >= 0.3 is 5.97 Å². The number of aliphatic hydroxyl groups excluding tert-OH is 1. The summed E-state index contributed by atoms with van der Waals surface area (Å²) in [5.74, 6) is -0.596. The second-order valence-electron chi connectivity index (χ2n) is 4.21. The number of aliphatic hydroxyl groups is 1. The van der Waals surface area contributed by atoms with E-state index in [2.05, 4.69) is 0 Å². The summed E-state index contributed by atoms with van der Waals surface area (Å²) in [7, 11) is 3.85. The first-order chi connectivity index (χ1) is 8.47. The predicted molar refractivity (Wildman–Crippen MR) is 70.3 cm³/mol. The Morgan fingerprint density at radius 1 is 1.39 bits per heavy atom. The van der Waals surface area contributed by atoms with E-state index in [1.54, 1.807) is 19.1 Å². The second-order valence-corrected chi connectivity index (χ2v) is 4.21. The highest BCUT2D eigenvalue weighted by Crippen LogP contribution is 2.20. The normalized spacial score (nSPS) is 13.8. The minimum atomic E-state index is -1.06. The number of esters is 1. The molecule has 0 spiro atoms. The lowest BCUT2D eigenvalue weighted by atomic mass is 10.0. The highest BCUT2D eigenvalue weighted by atomic mass is 16.5. The van der Waals surface area contributed by atoms with Gasteiger partial charge in [-0.15, -0.1) is 0 Å². The Balaban J connectivity index is 2.77. The third-order valence-electron chi connectivity index (χ3n) is 2.65. The maximum Gasteiger partial charge on any atom is 0.325 e. The van der Waals surface area contributed by atoms with Crippen molar-refractivity contribution < 1.29 is 14.6 Å². The van der Waals surface area contributed by atoms with E-state index >= 15 is 0 Å². The summed E-state index contributed by atoms with van der Waals surface area (Å²) in [5.41, 5.74) is 7.25. The summed E-state index contributed by atoms with van der Waals surface area (Å²) in [4.78, 5) is 13.4. The molecule has 0 radical (unpaired) electrons. The lowest BCUT2D eigenvalue weighted by molar-refractivity contribution is -0.147. The van der Waals surface area contributed by atoms with Crippen molar-refractivity contribution in [1.82, 2.24) is 0 Å². The highest BCUT2D eigenvalue weighted by molar-refractivity contribution is 5.76. The number of carbonyl (C=O) groups excluding carboxylic acids is 1. The van der Waals surface area contributed by atoms with Gasteiger partial charge in [0.25, 0.3) is 0 Å². The van der Waals surface area contributed by atoms with Gasteiger partial charge in [-0.05, 0) is 24.6 Å². The van der Waals surface area contributed by atoms with Gasteiger partial charge in [-0.25, -0.2) is 0 Å². The third-order valence-corrected chi connectivity index (χ3v) is 2.65. The van der Waals surface area contributed by atoms with Crippen molar-refractivity contribution in [3.05, 3.63) is 29.8 Å². The predicted octanol–water partition coefficient (Wildman–Crippen LogP) is 0.676. The van der Waals surface area contributed by atoms with Crippen LogP contribution in [0.25, 0.3) is 0 Å². The minimum absolute atomic E-state index is 0.249. The molecule has 18 heavy (non-hydrogen) atoms. The molecule has 0 fully saturated rings. The van der Waals surface area contributed by atoms with Crippen LogP contribution in [0.4, 0.5) is 5.69 Å². The first-order valence-corrected chi connectivity index (χ1v) is 5.85. The van der Waals surface area contributed by atoms with E-state index in [0.29, 0.717) is 5.56 Å². The Morgan fingerprint density at radius 3 is 2.39 bits per heavy atom. The van der Waals surface area contributed by atoms with Gasteiger partial charge in [-0.3, -0.25) is 4.79 Å². The van der Waals surface area contributed by atoms with Crippen LogP contribution in [-0.4, -0.2) is 37.8 Å². The first-order valence-electron chi connectivity index (χ1n) is 5.85. The summed E-state index contributed by atoms with van der Waals surface area (Å²) in [6, 6.07) is 6.15. The van der Waals surface area contributed by atoms with E-state index < -0.39 is 18.1 Å². The SMILES string of the molecule is CCOC(=O)C(N)C(O)c1ccc(N(C)C)cc1. The molecule has 5 heteroatoms. The minimum Gasteiger partial charge on any atom is -0.465 e. The molecular formula is C13H20N2O3. The quantitative estimate of drug-likeness (QED) is 0.754. The molecule has 0 aliphatic rings. The average molecular weight is 252 g/mol. The number of rotatable bonds is 5. The molecule has 100 valence electrons. The van der Waals surface area contributed by atoms with Gasteiger partial charge in [-0.2, -0.15) is 0 Å². The van der Waals surface area contributed by atoms with Crippen molar-refractivity contribution in [1.29, 1.82) is 0 Å². The van der Waals surface area contributed by atoms with Crippen LogP contribution in [0.2, 0.25) is 0 Å². The smallest absolute Gasteiger partial charge is 0.325 e. The van der Waals surface area contributed by atoms with Gasteiger partial charge in [0.15, 0.2) is 0 Å². The van der Waals surface area contributed by atoms with Crippen LogP contribution in [0.5, 0.6) is 0 Å². The second kappa shape index (κ2) is 6.37. The number of hydrogen-bond donors (Lipinski definition) is 2. The number of nitrogens with zero attached hydrogens (tertiary/aromatic N) is 1. The van der Waals surface area contributed by atoms with E-state index in [9.17, 15) is 9.90 Å². The van der Waals surface area contributed by atoms with Crippen molar-refractivity contribution in [3.8, 4) is 0 Å². The Bertz CT molecular complexity index is 390. The van der Waals surface area contributed by atoms with Crippen molar-refractivity contribution in [2.45, 2.75) is 19.1 Å². The van der Waals surface area contributed by atoms with Crippen LogP contribution in [-0.2, 0) is 9.53 Å². The fourth-order valence-electron chi connectivity index (χ4n) is 1.54. The van der Waals surface area contributed by atoms with E-state index in [4.69, 9.17) is 10.5 Å². The largest absolute Gasteiger partial charge is 0.465 e. The van der Waals surface area contributed by atoms with E-state index in [1.807, 2.05) is 31.1 Å². The standard InChI is InChI=1S/C13H20N2O3/c1-4-18-13(17)11(14)12(16)9-5-7-10(8-6-9)15(2)3/h5-8,11-12,16H,4,14H2,1-3H3. The molecule has 2 atom stereocenters. The number of carbonyl (C=O) groups is 1. The molecule has 0 heterocycles. The van der Waals surface area contributed by atoms with E-state index in [1.165, 1.54) is 0 Å². The molecule has 1 rings (SSSR count). The topological polar surface area (TPSA) is 75.8 Å². The first kappa shape index (κ1) is 14.5. The van der Waals surface area contributed by atoms with Gasteiger partial charge in [0.1, 0.15) is 12.1 Å². The van der Waals surface area contributed by atoms with Crippen molar-refractivity contribution in [3.63, 3.8) is 0 Å². The van der Waals surface area contributed by atoms with Crippen LogP contribution in [0.15, 0.2) is 24.3 Å². The van der Waals surface area contributed by atoms with Crippen LogP contribution in [0.1, 0.15) is 18.6 Å². The number of anilines is 1. The molecule has 0 saturated heterocycles. The highest BCUT2D eigenvalue weighted by Gasteiger charge is 2.25. The molecule has 1 aromatic carbocycles. The Labute approximate surface area is 107 Å². The maximum absolute atomic E-state index is 11.4. The van der Waals surface area contributed by atoms with Crippen LogP contribution in [0.3, 0.4) is 0 Å². The Morgan fingerprint density at radius 2 is 1.94 bits per heavy atom. The molecule has 3 N–H and O–H groups in total. The fourth-order valence-corrected chi connectivity index (χ4v) is 1.54. The number of hydrogen-bond acceptors (Lipinski definition) is 5. The summed E-state index contributed by atoms with van der Waals surface area (Å²) in [5, 5.41) is 9.98. The van der Waals surface area contributed by atoms with E-state index in [-0.39, 0.29) is 6.61 Å². The molecule has 1 aromatic rings. The summed E-state index contributed by atoms with van der Waals surface area (Å²) in [6.45, 7) is 1.95. The van der Waals surface area contributed by atoms with Gasteiger partial charge in [-0.1, -0.05) is 12.1 Å². The van der Waals surface area contributed by atoms with Gasteiger partial charge in [0, 0.05) is 19.8 Å². The zero-order valence-corrected chi connectivity index (χ0v) is 11.0. The van der Waals surface area contributed by atoms with Crippen LogP contribution >= 0.6 is 0 Å². The summed E-state index contributed by atoms with van der Waals surface area (Å²) >= 11 is 0. The fraction of sp³-hybridized carbons (Fsp3) is 0.462. The van der Waals surface area contributed by atoms with Crippen LogP contribution < -0.4 is 10.6 Å². The van der Waals surface area contributed by atoms with Gasteiger partial charge < -0.3 is 20.5 Å². The molecule has 0 aromatic heterocycles. The number of ether oxygens (including phenoxy) is 1. The zero-order chi connectivity index (χ0) is 13.7. The van der Waals surface area contributed by atoms with Crippen molar-refractivity contribution >= 4 is 11.7 Å². The van der Waals surface area contributed by atoms with Gasteiger partial charge in [0.2, 0.25) is 0 Å². The van der Waals surface area contributed by atoms with Crippen LogP contribution in [0, 0.1) is 0 Å². The Hall–Kier alpha value is -1.59. The van der Waals surface area contributed by atoms with Crippen molar-refractivity contribution in [2.75, 3.05) is 25.6 Å². The Kier molecular flexibility index (Phi) is 5.12. The zero-order valence-electron chi connectivity index (χ0n) is 11.0. The lowest BCUT2D eigenvalue weighted by Gasteiger charge is -2.19. The molecule has 5 nitrogen and oxygen atoms in total. The van der Waals surface area contributed by atoms with E-state index in [0.717, 1.165) is 5.69 Å². The van der Waals surface area contributed by atoms with Gasteiger partial charge in [0.05, 0.1) is 6.61 Å². The molecule has 0 saturated carbocycles. The monoisotopic (exact) mass is 252 g/mol. The molecule has 2 unspecified atom stereocenters. The molecule has 0 amide bonds. The lowest BCUT2D eigenvalue weighted by Crippen LogP contribution is -2.38. The molecular weight excluding hydrogens is 232 g/mol. The van der Waals surface area contributed by atoms with Crippen molar-refractivity contribution in [2.24, 2.45) is 5.73 Å². The number of nitrogens with two attached hydrogens (primary N) is 1.